The lowest BCUT2D eigenvalue weighted by Crippen LogP contribution is -2.27. The lowest BCUT2D eigenvalue weighted by molar-refractivity contribution is 0.488. The number of aromatic nitrogens is 3. The molecule has 7 heteroatoms. The Bertz CT molecular complexity index is 640. The molecule has 1 unspecified atom stereocenters. The Labute approximate surface area is 114 Å². The van der Waals surface area contributed by atoms with Crippen molar-refractivity contribution in [3.63, 3.8) is 0 Å². The molecule has 1 aromatic rings. The van der Waals surface area contributed by atoms with Gasteiger partial charge in [-0.2, -0.15) is 9.67 Å². The van der Waals surface area contributed by atoms with E-state index >= 15 is 0 Å². The first-order valence-electron chi connectivity index (χ1n) is 5.91. The molecule has 0 amide bonds. The maximum absolute atomic E-state index is 14.4. The maximum Gasteiger partial charge on any atom is 0.223 e. The zero-order valence-electron chi connectivity index (χ0n) is 11.0. The summed E-state index contributed by atoms with van der Waals surface area (Å²) in [7, 11) is 0. The third kappa shape index (κ3) is 2.25. The van der Waals surface area contributed by atoms with Gasteiger partial charge >= 0.3 is 0 Å². The van der Waals surface area contributed by atoms with Gasteiger partial charge < -0.3 is 5.73 Å². The van der Waals surface area contributed by atoms with Crippen LogP contribution in [0.15, 0.2) is 17.2 Å². The molecule has 0 aliphatic heterocycles. The van der Waals surface area contributed by atoms with Crippen molar-refractivity contribution >= 4 is 27.8 Å². The third-order valence-electron chi connectivity index (χ3n) is 3.12. The fourth-order valence-electron chi connectivity index (χ4n) is 2.10. The summed E-state index contributed by atoms with van der Waals surface area (Å²) in [6.07, 6.45) is 0.894. The molecule has 2 rings (SSSR count). The van der Waals surface area contributed by atoms with Crippen LogP contribution >= 0.6 is 0 Å². The van der Waals surface area contributed by atoms with Gasteiger partial charge in [-0.3, -0.25) is 0 Å². The van der Waals surface area contributed by atoms with Crippen molar-refractivity contribution in [1.29, 1.82) is 0 Å². The Hall–Kier alpha value is -1.76. The van der Waals surface area contributed by atoms with E-state index in [2.05, 4.69) is 10.1 Å². The number of nitrogens with zero attached hydrogens (tertiary/aromatic N) is 3. The van der Waals surface area contributed by atoms with Crippen LogP contribution in [0.1, 0.15) is 26.1 Å². The first-order chi connectivity index (χ1) is 8.99. The summed E-state index contributed by atoms with van der Waals surface area (Å²) >= 11 is 0.183. The van der Waals surface area contributed by atoms with Crippen molar-refractivity contribution in [3.05, 3.63) is 23.0 Å². The van der Waals surface area contributed by atoms with Gasteiger partial charge in [0, 0.05) is 0 Å². The van der Waals surface area contributed by atoms with Gasteiger partial charge in [0.05, 0.1) is 21.8 Å². The molecule has 0 saturated heterocycles. The molecule has 0 fully saturated rings. The molecule has 0 spiro atoms. The zero-order chi connectivity index (χ0) is 14.2. The highest BCUT2D eigenvalue weighted by molar-refractivity contribution is 7.67. The zero-order valence-corrected chi connectivity index (χ0v) is 11.8. The van der Waals surface area contributed by atoms with E-state index in [-0.39, 0.29) is 27.8 Å². The van der Waals surface area contributed by atoms with Crippen molar-refractivity contribution in [2.24, 2.45) is 0 Å². The van der Waals surface area contributed by atoms with E-state index in [1.54, 1.807) is 19.9 Å². The number of halogens is 1. The first kappa shape index (κ1) is 13.7. The topological polar surface area (TPSA) is 73.8 Å². The number of aryl methyl sites for hydroxylation is 1. The van der Waals surface area contributed by atoms with Crippen LogP contribution in [0.4, 0.5) is 10.3 Å². The fraction of sp³-hybridized carbons (Fsp3) is 0.417. The second-order valence-corrected chi connectivity index (χ2v) is 4.92. The molecule has 1 aliphatic rings. The summed E-state index contributed by atoms with van der Waals surface area (Å²) < 4.78 is 26.8. The Morgan fingerprint density at radius 2 is 2.21 bits per heavy atom. The number of nitrogens with two attached hydrogens (primary N) is 1. The van der Waals surface area contributed by atoms with Gasteiger partial charge in [-0.15, -0.1) is 5.10 Å². The molecule has 1 aromatic heterocycles. The molecule has 0 radical (unpaired) electrons. The van der Waals surface area contributed by atoms with Crippen LogP contribution in [-0.2, 0) is 11.3 Å². The van der Waals surface area contributed by atoms with Crippen LogP contribution in [0.3, 0.4) is 0 Å². The molecule has 2 N–H and O–H groups in total. The predicted octanol–water partition coefficient (Wildman–Crippen LogP) is 1.47. The van der Waals surface area contributed by atoms with Crippen LogP contribution in [0.2, 0.25) is 0 Å². The highest BCUT2D eigenvalue weighted by Gasteiger charge is 2.29. The average Bonchev–Trinajstić information content (AvgIpc) is 2.69. The van der Waals surface area contributed by atoms with Crippen LogP contribution in [-0.4, -0.2) is 30.0 Å². The third-order valence-corrected chi connectivity index (χ3v) is 3.81. The Morgan fingerprint density at radius 3 is 2.68 bits per heavy atom. The van der Waals surface area contributed by atoms with E-state index in [1.807, 2.05) is 6.92 Å². The van der Waals surface area contributed by atoms with Crippen LogP contribution in [0.25, 0.3) is 5.70 Å². The van der Waals surface area contributed by atoms with Crippen LogP contribution in [0, 0.1) is 6.92 Å². The number of hydrogen-bond donors (Lipinski definition) is 1. The lowest BCUT2D eigenvalue weighted by Gasteiger charge is -2.21. The molecular formula is C12H15FN4OS. The number of rotatable bonds is 2. The van der Waals surface area contributed by atoms with Gasteiger partial charge in [0.25, 0.3) is 0 Å². The molecular weight excluding hydrogens is 267 g/mol. The number of anilines is 1. The molecule has 102 valence electrons. The summed E-state index contributed by atoms with van der Waals surface area (Å²) in [6.45, 7) is 5.39. The summed E-state index contributed by atoms with van der Waals surface area (Å²) in [5.41, 5.74) is 7.58. The summed E-state index contributed by atoms with van der Waals surface area (Å²) in [6, 6.07) is 0. The Morgan fingerprint density at radius 1 is 1.53 bits per heavy atom. The molecule has 1 heterocycles. The smallest absolute Gasteiger partial charge is 0.223 e. The van der Waals surface area contributed by atoms with E-state index in [1.165, 1.54) is 4.68 Å². The number of hydrogen-bond acceptors (Lipinski definition) is 4. The highest BCUT2D eigenvalue weighted by Crippen LogP contribution is 2.29. The molecule has 0 aromatic carbocycles. The van der Waals surface area contributed by atoms with Crippen molar-refractivity contribution in [2.45, 2.75) is 33.4 Å². The monoisotopic (exact) mass is 282 g/mol. The van der Waals surface area contributed by atoms with Gasteiger partial charge in [0.15, 0.2) is 6.17 Å². The summed E-state index contributed by atoms with van der Waals surface area (Å²) in [4.78, 5) is 4.12. The minimum Gasteiger partial charge on any atom is -0.368 e. The maximum atomic E-state index is 14.4. The van der Waals surface area contributed by atoms with E-state index < -0.39 is 6.17 Å². The largest absolute Gasteiger partial charge is 0.368 e. The molecule has 1 atom stereocenters. The molecule has 5 nitrogen and oxygen atoms in total. The minimum atomic E-state index is -1.51. The van der Waals surface area contributed by atoms with Gasteiger partial charge in [-0.25, -0.2) is 8.60 Å². The van der Waals surface area contributed by atoms with E-state index in [4.69, 9.17) is 5.73 Å². The quantitative estimate of drug-likeness (QED) is 0.834. The van der Waals surface area contributed by atoms with Crippen molar-refractivity contribution in [2.75, 3.05) is 5.73 Å². The normalized spacial score (nSPS) is 19.7. The van der Waals surface area contributed by atoms with Gasteiger partial charge in [0.1, 0.15) is 5.82 Å². The first-order valence-corrected chi connectivity index (χ1v) is 6.65. The van der Waals surface area contributed by atoms with Crippen LogP contribution < -0.4 is 5.73 Å². The SMILES string of the molecule is CCC1=C(C)C(=S=O)C(F)C(n2nc(C)nc2N)=C1. The summed E-state index contributed by atoms with van der Waals surface area (Å²) in [5.74, 6) is 0.586. The fourth-order valence-corrected chi connectivity index (χ4v) is 2.57. The lowest BCUT2D eigenvalue weighted by atomic mass is 9.93. The highest BCUT2D eigenvalue weighted by atomic mass is 32.1. The second kappa shape index (κ2) is 5.08. The van der Waals surface area contributed by atoms with E-state index in [0.717, 1.165) is 5.57 Å². The van der Waals surface area contributed by atoms with Crippen LogP contribution in [0.5, 0.6) is 0 Å². The number of nitrogen functional groups attached to an aromatic ring is 1. The molecule has 1 aliphatic carbocycles. The molecule has 19 heavy (non-hydrogen) atoms. The molecule has 0 saturated carbocycles. The second-order valence-electron chi connectivity index (χ2n) is 4.31. The number of alkyl halides is 1. The summed E-state index contributed by atoms with van der Waals surface area (Å²) in [5, 5.41) is 4.07. The van der Waals surface area contributed by atoms with Gasteiger partial charge in [0.2, 0.25) is 5.95 Å². The van der Waals surface area contributed by atoms with Crippen molar-refractivity contribution in [3.8, 4) is 0 Å². The van der Waals surface area contributed by atoms with Crippen molar-refractivity contribution < 1.29 is 8.60 Å². The number of allylic oxidation sites excluding steroid dienone is 4. The Balaban J connectivity index is 2.63. The van der Waals surface area contributed by atoms with E-state index in [0.29, 0.717) is 17.8 Å². The average molecular weight is 282 g/mol. The van der Waals surface area contributed by atoms with Gasteiger partial charge in [-0.1, -0.05) is 6.92 Å². The predicted molar refractivity (Wildman–Crippen MR) is 74.5 cm³/mol. The Kier molecular flexibility index (Phi) is 3.66. The van der Waals surface area contributed by atoms with Gasteiger partial charge in [-0.05, 0) is 37.5 Å². The van der Waals surface area contributed by atoms with Crippen molar-refractivity contribution in [1.82, 2.24) is 14.8 Å². The molecule has 0 bridgehead atoms. The minimum absolute atomic E-state index is 0.122. The standard InChI is InChI=1S/C12H15FN4OS/c1-4-8-5-9(10(13)11(19-18)6(8)2)17-12(14)15-7(3)16-17/h5,10H,4H2,1-3H3,(H2,14,15,16). The van der Waals surface area contributed by atoms with E-state index in [9.17, 15) is 8.60 Å².